The van der Waals surface area contributed by atoms with Crippen LogP contribution in [-0.4, -0.2) is 33.1 Å². The second-order valence-corrected chi connectivity index (χ2v) is 5.59. The van der Waals surface area contributed by atoms with Gasteiger partial charge in [0.05, 0.1) is 15.9 Å². The molecule has 0 aliphatic heterocycles. The zero-order chi connectivity index (χ0) is 13.0. The molecule has 5 heteroatoms. The van der Waals surface area contributed by atoms with Gasteiger partial charge in [0.25, 0.3) is 0 Å². The van der Waals surface area contributed by atoms with Gasteiger partial charge in [-0.25, -0.2) is 0 Å². The van der Waals surface area contributed by atoms with Crippen LogP contribution in [0.2, 0.25) is 0 Å². The molecule has 0 saturated carbocycles. The lowest BCUT2D eigenvalue weighted by molar-refractivity contribution is 0.219. The van der Waals surface area contributed by atoms with Crippen molar-refractivity contribution in [1.82, 2.24) is 14.7 Å². The normalized spacial score (nSPS) is 11.8. The Morgan fingerprint density at radius 1 is 1.47 bits per heavy atom. The van der Waals surface area contributed by atoms with Crippen LogP contribution in [-0.2, 0) is 13.1 Å². The molecule has 3 nitrogen and oxygen atoms in total. The number of aryl methyl sites for hydroxylation is 2. The number of hydrogen-bond donors (Lipinski definition) is 0. The molecule has 1 heterocycles. The van der Waals surface area contributed by atoms with Gasteiger partial charge in [-0.3, -0.25) is 9.58 Å². The van der Waals surface area contributed by atoms with E-state index in [1.54, 1.807) is 0 Å². The lowest BCUT2D eigenvalue weighted by Crippen LogP contribution is -2.33. The van der Waals surface area contributed by atoms with Gasteiger partial charge >= 0.3 is 0 Å². The first-order chi connectivity index (χ1) is 8.01. The second kappa shape index (κ2) is 6.76. The van der Waals surface area contributed by atoms with Crippen LogP contribution in [0.15, 0.2) is 4.47 Å². The van der Waals surface area contributed by atoms with Crippen molar-refractivity contribution in [3.05, 3.63) is 15.9 Å². The molecular formula is C12H21BrClN3. The van der Waals surface area contributed by atoms with E-state index in [2.05, 4.69) is 51.4 Å². The van der Waals surface area contributed by atoms with Gasteiger partial charge in [-0.15, -0.1) is 11.6 Å². The Labute approximate surface area is 117 Å². The van der Waals surface area contributed by atoms with Crippen LogP contribution in [0.5, 0.6) is 0 Å². The maximum Gasteiger partial charge on any atom is 0.0739 e. The molecule has 98 valence electrons. The monoisotopic (exact) mass is 321 g/mol. The van der Waals surface area contributed by atoms with Gasteiger partial charge in [0, 0.05) is 31.6 Å². The summed E-state index contributed by atoms with van der Waals surface area (Å²) in [6, 6.07) is 0.487. The molecular weight excluding hydrogens is 302 g/mol. The Bertz CT molecular complexity index is 363. The van der Waals surface area contributed by atoms with E-state index < -0.39 is 0 Å². The number of halogens is 2. The molecule has 1 aromatic heterocycles. The van der Waals surface area contributed by atoms with Gasteiger partial charge in [0.2, 0.25) is 0 Å². The van der Waals surface area contributed by atoms with Gasteiger partial charge in [-0.2, -0.15) is 5.10 Å². The van der Waals surface area contributed by atoms with Crippen LogP contribution in [0.4, 0.5) is 0 Å². The Morgan fingerprint density at radius 3 is 2.59 bits per heavy atom. The molecule has 0 aliphatic carbocycles. The van der Waals surface area contributed by atoms with Gasteiger partial charge in [0.1, 0.15) is 0 Å². The van der Waals surface area contributed by atoms with E-state index in [0.29, 0.717) is 11.9 Å². The minimum atomic E-state index is 0.487. The Hall–Kier alpha value is -0.0600. The van der Waals surface area contributed by atoms with E-state index in [9.17, 15) is 0 Å². The minimum absolute atomic E-state index is 0.487. The first-order valence-electron chi connectivity index (χ1n) is 6.03. The summed E-state index contributed by atoms with van der Waals surface area (Å²) in [5, 5.41) is 4.51. The minimum Gasteiger partial charge on any atom is -0.294 e. The Morgan fingerprint density at radius 2 is 2.12 bits per heavy atom. The van der Waals surface area contributed by atoms with E-state index in [0.717, 1.165) is 29.8 Å². The maximum absolute atomic E-state index is 5.85. The van der Waals surface area contributed by atoms with Crippen LogP contribution in [0.25, 0.3) is 0 Å². The predicted octanol–water partition coefficient (Wildman–Crippen LogP) is 3.42. The topological polar surface area (TPSA) is 21.1 Å². The molecule has 0 atom stereocenters. The number of nitrogens with zero attached hydrogens (tertiary/aromatic N) is 3. The highest BCUT2D eigenvalue weighted by atomic mass is 79.9. The molecule has 0 N–H and O–H groups in total. The molecule has 0 bridgehead atoms. The lowest BCUT2D eigenvalue weighted by atomic mass is 10.2. The third-order valence-corrected chi connectivity index (χ3v) is 4.11. The maximum atomic E-state index is 5.85. The van der Waals surface area contributed by atoms with Crippen molar-refractivity contribution >= 4 is 27.5 Å². The Balaban J connectivity index is 2.91. The third kappa shape index (κ3) is 3.70. The first kappa shape index (κ1) is 15.0. The van der Waals surface area contributed by atoms with E-state index >= 15 is 0 Å². The molecule has 0 spiro atoms. The summed E-state index contributed by atoms with van der Waals surface area (Å²) in [4.78, 5) is 2.36. The van der Waals surface area contributed by atoms with E-state index in [1.807, 2.05) is 6.92 Å². The van der Waals surface area contributed by atoms with Crippen LogP contribution < -0.4 is 0 Å². The zero-order valence-electron chi connectivity index (χ0n) is 11.0. The largest absolute Gasteiger partial charge is 0.294 e. The summed E-state index contributed by atoms with van der Waals surface area (Å²) in [6.45, 7) is 11.2. The van der Waals surface area contributed by atoms with Crippen LogP contribution in [0, 0.1) is 6.92 Å². The highest BCUT2D eigenvalue weighted by Crippen LogP contribution is 2.23. The fraction of sp³-hybridized carbons (Fsp3) is 0.750. The van der Waals surface area contributed by atoms with Crippen molar-refractivity contribution in [3.8, 4) is 0 Å². The summed E-state index contributed by atoms with van der Waals surface area (Å²) in [7, 11) is 0. The van der Waals surface area contributed by atoms with Crippen molar-refractivity contribution in [2.24, 2.45) is 0 Å². The predicted molar refractivity (Wildman–Crippen MR) is 76.6 cm³/mol. The fourth-order valence-electron chi connectivity index (χ4n) is 1.84. The summed E-state index contributed by atoms with van der Waals surface area (Å²) in [6.07, 6.45) is 0. The van der Waals surface area contributed by atoms with Crippen molar-refractivity contribution < 1.29 is 0 Å². The average Bonchev–Trinajstić information content (AvgIpc) is 2.55. The molecule has 0 radical (unpaired) electrons. The van der Waals surface area contributed by atoms with Gasteiger partial charge in [0.15, 0.2) is 0 Å². The van der Waals surface area contributed by atoms with Crippen molar-refractivity contribution in [2.75, 3.05) is 12.4 Å². The molecule has 0 fully saturated rings. The van der Waals surface area contributed by atoms with Gasteiger partial charge < -0.3 is 0 Å². The highest BCUT2D eigenvalue weighted by Gasteiger charge is 2.17. The molecule has 0 unspecified atom stereocenters. The SMILES string of the molecule is CCn1nc(C)c(Br)c1CN(CCCl)C(C)C. The van der Waals surface area contributed by atoms with Crippen LogP contribution in [0.3, 0.4) is 0 Å². The number of hydrogen-bond acceptors (Lipinski definition) is 2. The molecule has 17 heavy (non-hydrogen) atoms. The quantitative estimate of drug-likeness (QED) is 0.748. The smallest absolute Gasteiger partial charge is 0.0739 e. The van der Waals surface area contributed by atoms with Crippen molar-refractivity contribution in [2.45, 2.75) is 46.8 Å². The lowest BCUT2D eigenvalue weighted by Gasteiger charge is -2.25. The highest BCUT2D eigenvalue weighted by molar-refractivity contribution is 9.10. The number of aromatic nitrogens is 2. The van der Waals surface area contributed by atoms with Gasteiger partial charge in [-0.05, 0) is 43.6 Å². The molecule has 0 aliphatic rings. The van der Waals surface area contributed by atoms with E-state index in [4.69, 9.17) is 11.6 Å². The molecule has 0 aromatic carbocycles. The standard InChI is InChI=1S/C12H21BrClN3/c1-5-17-11(12(13)10(4)15-17)8-16(7-6-14)9(2)3/h9H,5-8H2,1-4H3. The zero-order valence-corrected chi connectivity index (χ0v) is 13.3. The Kier molecular flexibility index (Phi) is 5.97. The number of alkyl halides is 1. The second-order valence-electron chi connectivity index (χ2n) is 4.42. The van der Waals surface area contributed by atoms with Gasteiger partial charge in [-0.1, -0.05) is 0 Å². The molecule has 1 aromatic rings. The molecule has 0 saturated heterocycles. The first-order valence-corrected chi connectivity index (χ1v) is 7.35. The fourth-order valence-corrected chi connectivity index (χ4v) is 2.47. The van der Waals surface area contributed by atoms with Crippen LogP contribution in [0.1, 0.15) is 32.2 Å². The summed E-state index contributed by atoms with van der Waals surface area (Å²) in [5.41, 5.74) is 2.29. The summed E-state index contributed by atoms with van der Waals surface area (Å²) >= 11 is 9.48. The van der Waals surface area contributed by atoms with Crippen LogP contribution >= 0.6 is 27.5 Å². The molecule has 0 amide bonds. The number of rotatable bonds is 6. The van der Waals surface area contributed by atoms with E-state index in [-0.39, 0.29) is 0 Å². The average molecular weight is 323 g/mol. The van der Waals surface area contributed by atoms with Crippen molar-refractivity contribution in [1.29, 1.82) is 0 Å². The van der Waals surface area contributed by atoms with E-state index in [1.165, 1.54) is 5.69 Å². The summed E-state index contributed by atoms with van der Waals surface area (Å²) < 4.78 is 3.18. The van der Waals surface area contributed by atoms with Crippen molar-refractivity contribution in [3.63, 3.8) is 0 Å². The molecule has 1 rings (SSSR count). The third-order valence-electron chi connectivity index (χ3n) is 2.91. The summed E-state index contributed by atoms with van der Waals surface area (Å²) in [5.74, 6) is 0.662.